The van der Waals surface area contributed by atoms with Gasteiger partial charge >= 0.3 is 31.4 Å². The number of ether oxygens (including phenoxy) is 2. The second-order valence-corrected chi connectivity index (χ2v) is 9.82. The largest absolute Gasteiger partial charge is 2.00 e. The molecule has 0 aromatic heterocycles. The molecule has 0 aliphatic carbocycles. The summed E-state index contributed by atoms with van der Waals surface area (Å²) in [6, 6.07) is 0. The van der Waals surface area contributed by atoms with Crippen molar-refractivity contribution in [2.45, 2.75) is 142 Å². The summed E-state index contributed by atoms with van der Waals surface area (Å²) >= 11 is 9.41. The maximum atomic E-state index is 11.0. The molecule has 0 heterocycles. The molecule has 0 aliphatic heterocycles. The molecule has 0 unspecified atom stereocenters. The van der Waals surface area contributed by atoms with Crippen molar-refractivity contribution >= 4 is 37.2 Å². The van der Waals surface area contributed by atoms with E-state index in [1.54, 1.807) is 0 Å². The van der Waals surface area contributed by atoms with E-state index in [0.717, 1.165) is 12.8 Å². The van der Waals surface area contributed by atoms with Crippen molar-refractivity contribution in [3.8, 4) is 0 Å². The molecule has 0 N–H and O–H groups in total. The van der Waals surface area contributed by atoms with Crippen LogP contribution in [0.5, 0.6) is 0 Å². The van der Waals surface area contributed by atoms with Gasteiger partial charge in [-0.3, -0.25) is 9.59 Å². The molecule has 4 nitrogen and oxygen atoms in total. The Kier molecular flexibility index (Phi) is 41.4. The normalized spacial score (nSPS) is 10.2. The van der Waals surface area contributed by atoms with Crippen molar-refractivity contribution in [3.63, 3.8) is 0 Å². The Bertz CT molecular complexity index is 388. The maximum Gasteiger partial charge on any atom is 2.00 e. The minimum Gasteiger partial charge on any atom is -0.792 e. The Morgan fingerprint density at radius 2 is 0.743 bits per heavy atom. The molecule has 0 aromatic carbocycles. The van der Waals surface area contributed by atoms with Crippen LogP contribution in [0, 0.1) is 0 Å². The van der Waals surface area contributed by atoms with Crippen LogP contribution in [0.3, 0.4) is 0 Å². The van der Waals surface area contributed by atoms with Gasteiger partial charge in [-0.1, -0.05) is 117 Å². The standard InChI is InChI=1S/2C14H28O2S.Zn/c2*1-2-3-4-5-6-7-8-9-10-12-16-14(15)11-13-17;/h2*17H,2-13H2,1H3;/q;;+2/p-2. The topological polar surface area (TPSA) is 52.6 Å². The third-order valence-corrected chi connectivity index (χ3v) is 6.04. The van der Waals surface area contributed by atoms with Crippen molar-refractivity contribution < 1.29 is 38.5 Å². The maximum absolute atomic E-state index is 11.0. The second kappa shape index (κ2) is 36.4. The van der Waals surface area contributed by atoms with Gasteiger partial charge in [-0.25, -0.2) is 0 Å². The van der Waals surface area contributed by atoms with E-state index in [0.29, 0.717) is 37.6 Å². The average molecular weight is 584 g/mol. The monoisotopic (exact) mass is 582 g/mol. The zero-order chi connectivity index (χ0) is 25.5. The molecule has 0 aliphatic rings. The molecule has 0 rings (SSSR count). The summed E-state index contributed by atoms with van der Waals surface area (Å²) < 4.78 is 10.1. The van der Waals surface area contributed by atoms with E-state index in [-0.39, 0.29) is 31.4 Å². The van der Waals surface area contributed by atoms with Crippen molar-refractivity contribution in [2.75, 3.05) is 24.7 Å². The van der Waals surface area contributed by atoms with Gasteiger partial charge in [-0.2, -0.15) is 11.5 Å². The van der Waals surface area contributed by atoms with E-state index < -0.39 is 0 Å². The molecule has 7 heteroatoms. The molecule has 0 radical (unpaired) electrons. The first kappa shape index (κ1) is 39.8. The Morgan fingerprint density at radius 1 is 0.486 bits per heavy atom. The van der Waals surface area contributed by atoms with E-state index in [1.165, 1.54) is 103 Å². The van der Waals surface area contributed by atoms with Crippen molar-refractivity contribution in [1.82, 2.24) is 0 Å². The van der Waals surface area contributed by atoms with E-state index in [2.05, 4.69) is 13.8 Å². The Hall–Kier alpha value is 0.263. The summed E-state index contributed by atoms with van der Waals surface area (Å²) in [5.41, 5.74) is 0. The van der Waals surface area contributed by atoms with Crippen LogP contribution in [0.2, 0.25) is 0 Å². The van der Waals surface area contributed by atoms with Gasteiger partial charge in [0.05, 0.1) is 13.2 Å². The smallest absolute Gasteiger partial charge is 0.792 e. The molecule has 0 atom stereocenters. The van der Waals surface area contributed by atoms with Crippen LogP contribution in [-0.4, -0.2) is 36.7 Å². The quantitative estimate of drug-likeness (QED) is 0.0497. The first-order valence-electron chi connectivity index (χ1n) is 14.1. The number of unbranched alkanes of at least 4 members (excludes halogenated alkanes) is 16. The van der Waals surface area contributed by atoms with E-state index in [9.17, 15) is 9.59 Å². The Morgan fingerprint density at radius 3 is 1.00 bits per heavy atom. The molecule has 0 spiro atoms. The predicted molar refractivity (Wildman–Crippen MR) is 150 cm³/mol. The molecule has 0 bridgehead atoms. The van der Waals surface area contributed by atoms with Crippen molar-refractivity contribution in [1.29, 1.82) is 0 Å². The van der Waals surface area contributed by atoms with Crippen LogP contribution in [-0.2, 0) is 63.8 Å². The molecule has 204 valence electrons. The minimum absolute atomic E-state index is 0. The fraction of sp³-hybridized carbons (Fsp3) is 0.929. The summed E-state index contributed by atoms with van der Waals surface area (Å²) in [6.45, 7) is 5.63. The summed E-state index contributed by atoms with van der Waals surface area (Å²) in [7, 11) is 0. The zero-order valence-electron chi connectivity index (χ0n) is 23.1. The van der Waals surface area contributed by atoms with Crippen molar-refractivity contribution in [3.05, 3.63) is 0 Å². The molecular weight excluding hydrogens is 530 g/mol. The molecule has 0 saturated heterocycles. The number of carbonyl (C=O) groups is 2. The summed E-state index contributed by atoms with van der Waals surface area (Å²) in [4.78, 5) is 22.0. The summed E-state index contributed by atoms with van der Waals surface area (Å²) in [6.07, 6.45) is 23.9. The van der Waals surface area contributed by atoms with Crippen LogP contribution < -0.4 is 0 Å². The van der Waals surface area contributed by atoms with Crippen LogP contribution in [0.4, 0.5) is 0 Å². The third-order valence-electron chi connectivity index (χ3n) is 5.63. The van der Waals surface area contributed by atoms with Gasteiger partial charge in [-0.05, 0) is 12.8 Å². The fourth-order valence-corrected chi connectivity index (χ4v) is 3.84. The molecule has 0 fully saturated rings. The number of carbonyl (C=O) groups excluding carboxylic acids is 2. The zero-order valence-corrected chi connectivity index (χ0v) is 27.7. The summed E-state index contributed by atoms with van der Waals surface area (Å²) in [5, 5.41) is 0. The van der Waals surface area contributed by atoms with E-state index in [1.807, 2.05) is 0 Å². The summed E-state index contributed by atoms with van der Waals surface area (Å²) in [5.74, 6) is 0.659. The van der Waals surface area contributed by atoms with Gasteiger partial charge in [0, 0.05) is 12.8 Å². The molecule has 0 amide bonds. The van der Waals surface area contributed by atoms with E-state index in [4.69, 9.17) is 34.7 Å². The second-order valence-electron chi connectivity index (χ2n) is 9.01. The van der Waals surface area contributed by atoms with E-state index >= 15 is 0 Å². The Labute approximate surface area is 241 Å². The minimum atomic E-state index is -0.139. The van der Waals surface area contributed by atoms with Gasteiger partial charge in [0.1, 0.15) is 0 Å². The first-order valence-corrected chi connectivity index (χ1v) is 15.2. The number of hydrogen-bond donors (Lipinski definition) is 0. The van der Waals surface area contributed by atoms with Gasteiger partial charge in [0.2, 0.25) is 0 Å². The molecule has 0 saturated carbocycles. The number of hydrogen-bond acceptors (Lipinski definition) is 6. The predicted octanol–water partition coefficient (Wildman–Crippen LogP) is 7.99. The third kappa shape index (κ3) is 38.9. The molecule has 35 heavy (non-hydrogen) atoms. The number of esters is 2. The van der Waals surface area contributed by atoms with Crippen LogP contribution in [0.15, 0.2) is 0 Å². The first-order chi connectivity index (χ1) is 16.6. The van der Waals surface area contributed by atoms with Gasteiger partial charge < -0.3 is 34.7 Å². The molecular formula is C28H54O4S2Zn. The van der Waals surface area contributed by atoms with Gasteiger partial charge in [0.25, 0.3) is 0 Å². The van der Waals surface area contributed by atoms with Crippen LogP contribution in [0.25, 0.3) is 0 Å². The van der Waals surface area contributed by atoms with Gasteiger partial charge in [-0.15, -0.1) is 0 Å². The van der Waals surface area contributed by atoms with Gasteiger partial charge in [0.15, 0.2) is 0 Å². The average Bonchev–Trinajstić information content (AvgIpc) is 2.82. The SMILES string of the molecule is CCCCCCCCCCCOC(=O)CC[S-].CCCCCCCCCCCOC(=O)CC[S-].[Zn+2]. The Balaban J connectivity index is -0.000000569. The van der Waals surface area contributed by atoms with Crippen LogP contribution in [0.1, 0.15) is 142 Å². The van der Waals surface area contributed by atoms with Crippen molar-refractivity contribution in [2.24, 2.45) is 0 Å². The fourth-order valence-electron chi connectivity index (χ4n) is 3.51. The number of rotatable bonds is 24. The molecule has 0 aromatic rings. The van der Waals surface area contributed by atoms with Crippen LogP contribution >= 0.6 is 0 Å².